The van der Waals surface area contributed by atoms with Crippen LogP contribution in [-0.4, -0.2) is 77.0 Å². The van der Waals surface area contributed by atoms with Crippen molar-refractivity contribution in [3.05, 3.63) is 0 Å². The molecule has 0 aromatic rings. The fourth-order valence-electron chi connectivity index (χ4n) is 2.00. The van der Waals surface area contributed by atoms with Gasteiger partial charge in [0.25, 0.3) is 0 Å². The molecule has 4 rings (SSSR count). The molecule has 0 aromatic carbocycles. The van der Waals surface area contributed by atoms with Crippen molar-refractivity contribution in [1.82, 2.24) is 0 Å². The van der Waals surface area contributed by atoms with Crippen molar-refractivity contribution in [2.45, 2.75) is 45.1 Å². The maximum Gasteiger partial charge on any atom is 0.508 e. The van der Waals surface area contributed by atoms with E-state index in [4.69, 9.17) is 0 Å². The Morgan fingerprint density at radius 3 is 1.13 bits per heavy atom. The van der Waals surface area contributed by atoms with Crippen LogP contribution in [0.1, 0.15) is 39.0 Å². The SMILES string of the molecule is CC1COC(=O)O1.O=C1OCCCCCO1.O=C1OCCCCO1.O=C1OCCO1. The minimum Gasteiger partial charge on any atom is -0.434 e. The van der Waals surface area contributed by atoms with Gasteiger partial charge in [-0.3, -0.25) is 0 Å². The molecule has 12 heteroatoms. The molecule has 4 aliphatic heterocycles. The summed E-state index contributed by atoms with van der Waals surface area (Å²) >= 11 is 0. The zero-order valence-electron chi connectivity index (χ0n) is 17.0. The first-order chi connectivity index (χ1) is 14.5. The van der Waals surface area contributed by atoms with Crippen molar-refractivity contribution in [2.75, 3.05) is 46.2 Å². The number of cyclic esters (lactones) is 8. The number of ether oxygens (including phenoxy) is 8. The molecule has 1 atom stereocenters. The molecule has 0 saturated carbocycles. The van der Waals surface area contributed by atoms with E-state index < -0.39 is 24.6 Å². The summed E-state index contributed by atoms with van der Waals surface area (Å²) in [5, 5.41) is 0. The van der Waals surface area contributed by atoms with Crippen LogP contribution in [0.3, 0.4) is 0 Å². The normalized spacial score (nSPS) is 22.6. The van der Waals surface area contributed by atoms with E-state index in [1.54, 1.807) is 6.92 Å². The molecule has 4 heterocycles. The minimum atomic E-state index is -0.549. The Hall–Kier alpha value is -2.92. The predicted octanol–water partition coefficient (Wildman–Crippen LogP) is 2.95. The number of rotatable bonds is 0. The van der Waals surface area contributed by atoms with Gasteiger partial charge in [-0.2, -0.15) is 0 Å². The van der Waals surface area contributed by atoms with Gasteiger partial charge >= 0.3 is 24.6 Å². The lowest BCUT2D eigenvalue weighted by atomic mass is 10.2. The van der Waals surface area contributed by atoms with E-state index in [-0.39, 0.29) is 6.10 Å². The summed E-state index contributed by atoms with van der Waals surface area (Å²) in [6.45, 7) is 5.07. The van der Waals surface area contributed by atoms with Crippen LogP contribution >= 0.6 is 0 Å². The molecule has 0 aromatic heterocycles. The molecule has 0 amide bonds. The molecule has 0 aliphatic carbocycles. The van der Waals surface area contributed by atoms with Gasteiger partial charge < -0.3 is 37.9 Å². The first-order valence-corrected chi connectivity index (χ1v) is 9.69. The van der Waals surface area contributed by atoms with E-state index in [0.717, 1.165) is 32.1 Å². The molecule has 0 N–H and O–H groups in total. The summed E-state index contributed by atoms with van der Waals surface area (Å²) in [5.74, 6) is 0. The Labute approximate surface area is 173 Å². The van der Waals surface area contributed by atoms with Crippen LogP contribution in [0.15, 0.2) is 0 Å². The zero-order chi connectivity index (χ0) is 22.0. The Morgan fingerprint density at radius 1 is 0.500 bits per heavy atom. The first kappa shape index (κ1) is 25.1. The van der Waals surface area contributed by atoms with Crippen molar-refractivity contribution >= 4 is 24.6 Å². The van der Waals surface area contributed by atoms with E-state index in [2.05, 4.69) is 37.9 Å². The largest absolute Gasteiger partial charge is 0.508 e. The molecular weight excluding hydrogens is 408 g/mol. The van der Waals surface area contributed by atoms with E-state index >= 15 is 0 Å². The smallest absolute Gasteiger partial charge is 0.434 e. The van der Waals surface area contributed by atoms with Crippen molar-refractivity contribution in [3.63, 3.8) is 0 Å². The van der Waals surface area contributed by atoms with E-state index in [1.165, 1.54) is 0 Å². The quantitative estimate of drug-likeness (QED) is 0.407. The lowest BCUT2D eigenvalue weighted by Crippen LogP contribution is -2.12. The Bertz CT molecular complexity index is 507. The van der Waals surface area contributed by atoms with Crippen LogP contribution in [0.2, 0.25) is 0 Å². The van der Waals surface area contributed by atoms with Gasteiger partial charge in [-0.1, -0.05) is 0 Å². The molecule has 4 aliphatic rings. The van der Waals surface area contributed by atoms with Crippen LogP contribution in [0.25, 0.3) is 0 Å². The summed E-state index contributed by atoms with van der Waals surface area (Å²) < 4.78 is 35.8. The maximum absolute atomic E-state index is 10.4. The number of hydrogen-bond acceptors (Lipinski definition) is 12. The van der Waals surface area contributed by atoms with Crippen LogP contribution in [-0.2, 0) is 37.9 Å². The predicted molar refractivity (Wildman–Crippen MR) is 96.9 cm³/mol. The van der Waals surface area contributed by atoms with E-state index in [9.17, 15) is 19.2 Å². The fraction of sp³-hybridized carbons (Fsp3) is 0.778. The number of hydrogen-bond donors (Lipinski definition) is 0. The van der Waals surface area contributed by atoms with Crippen molar-refractivity contribution in [1.29, 1.82) is 0 Å². The molecular formula is C18H28O12. The topological polar surface area (TPSA) is 142 Å². The highest BCUT2D eigenvalue weighted by atomic mass is 16.8. The lowest BCUT2D eigenvalue weighted by Gasteiger charge is -2.09. The molecule has 172 valence electrons. The van der Waals surface area contributed by atoms with Gasteiger partial charge in [-0.25, -0.2) is 19.2 Å². The zero-order valence-corrected chi connectivity index (χ0v) is 17.0. The monoisotopic (exact) mass is 436 g/mol. The second-order valence-electron chi connectivity index (χ2n) is 6.10. The highest BCUT2D eigenvalue weighted by Crippen LogP contribution is 2.03. The molecule has 0 bridgehead atoms. The summed E-state index contributed by atoms with van der Waals surface area (Å²) in [5.41, 5.74) is 0. The minimum absolute atomic E-state index is 0.0486. The molecule has 0 spiro atoms. The van der Waals surface area contributed by atoms with Crippen LogP contribution in [0, 0.1) is 0 Å². The van der Waals surface area contributed by atoms with Gasteiger partial charge in [-0.15, -0.1) is 0 Å². The summed E-state index contributed by atoms with van der Waals surface area (Å²) in [7, 11) is 0. The van der Waals surface area contributed by atoms with Crippen LogP contribution in [0.5, 0.6) is 0 Å². The highest BCUT2D eigenvalue weighted by molar-refractivity contribution is 5.62. The van der Waals surface area contributed by atoms with Crippen LogP contribution in [0.4, 0.5) is 19.2 Å². The number of carbonyl (C=O) groups is 4. The number of carbonyl (C=O) groups excluding carboxylic acids is 4. The summed E-state index contributed by atoms with van der Waals surface area (Å²) in [4.78, 5) is 40.4. The van der Waals surface area contributed by atoms with Gasteiger partial charge in [0.05, 0.1) is 26.4 Å². The molecule has 30 heavy (non-hydrogen) atoms. The standard InChI is InChI=1S/C6H10O3.C5H8O3.C4H6O3.C3H4O3/c7-6-8-4-2-1-3-5-9-6;6-5-7-3-1-2-4-8-5;1-3-2-6-4(5)7-3;4-3-5-1-2-6-3/h1-5H2;1-4H2;3H,2H2,1H3;1-2H2. The fourth-order valence-corrected chi connectivity index (χ4v) is 2.00. The highest BCUT2D eigenvalue weighted by Gasteiger charge is 2.19. The van der Waals surface area contributed by atoms with Crippen molar-refractivity contribution in [2.24, 2.45) is 0 Å². The molecule has 4 fully saturated rings. The third kappa shape index (κ3) is 14.1. The average molecular weight is 436 g/mol. The molecule has 4 saturated heterocycles. The second-order valence-corrected chi connectivity index (χ2v) is 6.10. The molecule has 1 unspecified atom stereocenters. The lowest BCUT2D eigenvalue weighted by molar-refractivity contribution is 0.0434. The third-order valence-corrected chi connectivity index (χ3v) is 3.46. The van der Waals surface area contributed by atoms with Gasteiger partial charge in [-0.05, 0) is 39.0 Å². The van der Waals surface area contributed by atoms with Gasteiger partial charge in [0.15, 0.2) is 0 Å². The Kier molecular flexibility index (Phi) is 13.3. The van der Waals surface area contributed by atoms with E-state index in [1.807, 2.05) is 0 Å². The van der Waals surface area contributed by atoms with Crippen molar-refractivity contribution in [3.8, 4) is 0 Å². The average Bonchev–Trinajstić information content (AvgIpc) is 3.25. The first-order valence-electron chi connectivity index (χ1n) is 9.69. The van der Waals surface area contributed by atoms with E-state index in [0.29, 0.717) is 46.2 Å². The maximum atomic E-state index is 10.4. The van der Waals surface area contributed by atoms with Crippen molar-refractivity contribution < 1.29 is 57.1 Å². The Balaban J connectivity index is 0.000000202. The molecule has 12 nitrogen and oxygen atoms in total. The summed E-state index contributed by atoms with van der Waals surface area (Å²) in [6, 6.07) is 0. The second kappa shape index (κ2) is 15.9. The molecule has 0 radical (unpaired) electrons. The summed E-state index contributed by atoms with van der Waals surface area (Å²) in [6.07, 6.45) is 2.68. The van der Waals surface area contributed by atoms with Gasteiger partial charge in [0.2, 0.25) is 0 Å². The van der Waals surface area contributed by atoms with Crippen LogP contribution < -0.4 is 0 Å². The van der Waals surface area contributed by atoms with Gasteiger partial charge in [0, 0.05) is 0 Å². The Morgan fingerprint density at radius 2 is 0.867 bits per heavy atom. The van der Waals surface area contributed by atoms with Gasteiger partial charge in [0.1, 0.15) is 25.9 Å². The third-order valence-electron chi connectivity index (χ3n) is 3.46.